The largest absolute Gasteiger partial charge is 0.493 e. The Hall–Kier alpha value is -2.86. The van der Waals surface area contributed by atoms with Gasteiger partial charge in [-0.05, 0) is 19.1 Å². The van der Waals surface area contributed by atoms with Gasteiger partial charge in [0.25, 0.3) is 5.91 Å². The van der Waals surface area contributed by atoms with Gasteiger partial charge in [0.2, 0.25) is 0 Å². The zero-order valence-corrected chi connectivity index (χ0v) is 14.8. The van der Waals surface area contributed by atoms with E-state index in [0.29, 0.717) is 16.6 Å². The molecule has 0 aliphatic carbocycles. The number of anilines is 1. The molecular weight excluding hydrogens is 336 g/mol. The molecule has 6 heteroatoms. The molecule has 0 atom stereocenters. The molecule has 0 bridgehead atoms. The second kappa shape index (κ2) is 7.81. The Kier molecular flexibility index (Phi) is 5.30. The third-order valence-electron chi connectivity index (χ3n) is 3.52. The van der Waals surface area contributed by atoms with Gasteiger partial charge in [0.05, 0.1) is 12.8 Å². The van der Waals surface area contributed by atoms with Crippen molar-refractivity contribution in [3.05, 3.63) is 59.5 Å². The Morgan fingerprint density at radius 1 is 1.08 bits per heavy atom. The highest BCUT2D eigenvalue weighted by molar-refractivity contribution is 7.16. The molecule has 0 aliphatic rings. The van der Waals surface area contributed by atoms with Crippen LogP contribution in [0.3, 0.4) is 0 Å². The first kappa shape index (κ1) is 17.0. The van der Waals surface area contributed by atoms with Crippen molar-refractivity contribution in [2.75, 3.05) is 19.0 Å². The molecule has 0 saturated carbocycles. The number of benzene rings is 2. The first-order chi connectivity index (χ1) is 12.2. The molecule has 0 saturated heterocycles. The van der Waals surface area contributed by atoms with E-state index in [-0.39, 0.29) is 12.5 Å². The SMILES string of the molecule is COc1ccccc1OCC(=O)Nc1nc(-c2ccccc2)c(C)s1. The van der Waals surface area contributed by atoms with Crippen LogP contribution in [0.25, 0.3) is 11.3 Å². The molecule has 3 rings (SSSR count). The number of thiazole rings is 1. The number of para-hydroxylation sites is 2. The highest BCUT2D eigenvalue weighted by Crippen LogP contribution is 2.30. The Morgan fingerprint density at radius 2 is 1.76 bits per heavy atom. The van der Waals surface area contributed by atoms with Crippen molar-refractivity contribution in [2.45, 2.75) is 6.92 Å². The van der Waals surface area contributed by atoms with E-state index in [4.69, 9.17) is 9.47 Å². The molecule has 1 amide bonds. The van der Waals surface area contributed by atoms with Crippen LogP contribution in [-0.2, 0) is 4.79 Å². The number of aryl methyl sites for hydroxylation is 1. The summed E-state index contributed by atoms with van der Waals surface area (Å²) in [6.07, 6.45) is 0. The van der Waals surface area contributed by atoms with E-state index in [9.17, 15) is 4.79 Å². The summed E-state index contributed by atoms with van der Waals surface area (Å²) in [5, 5.41) is 3.34. The molecule has 2 aromatic carbocycles. The van der Waals surface area contributed by atoms with Crippen molar-refractivity contribution in [1.82, 2.24) is 4.98 Å². The van der Waals surface area contributed by atoms with Crippen LogP contribution in [0.2, 0.25) is 0 Å². The number of nitrogens with zero attached hydrogens (tertiary/aromatic N) is 1. The van der Waals surface area contributed by atoms with Gasteiger partial charge in [-0.15, -0.1) is 11.3 Å². The molecule has 1 aromatic heterocycles. The van der Waals surface area contributed by atoms with Crippen molar-refractivity contribution in [3.63, 3.8) is 0 Å². The molecule has 0 unspecified atom stereocenters. The van der Waals surface area contributed by atoms with Crippen molar-refractivity contribution in [1.29, 1.82) is 0 Å². The smallest absolute Gasteiger partial charge is 0.264 e. The second-order valence-corrected chi connectivity index (χ2v) is 6.48. The number of nitrogens with one attached hydrogen (secondary N) is 1. The summed E-state index contributed by atoms with van der Waals surface area (Å²) in [4.78, 5) is 17.7. The van der Waals surface area contributed by atoms with Gasteiger partial charge in [-0.2, -0.15) is 0 Å². The molecule has 3 aromatic rings. The number of hydrogen-bond donors (Lipinski definition) is 1. The average molecular weight is 354 g/mol. The number of methoxy groups -OCH3 is 1. The molecule has 0 aliphatic heterocycles. The first-order valence-corrected chi connectivity index (χ1v) is 8.57. The van der Waals surface area contributed by atoms with Gasteiger partial charge in [-0.3, -0.25) is 10.1 Å². The molecule has 5 nitrogen and oxygen atoms in total. The van der Waals surface area contributed by atoms with Gasteiger partial charge < -0.3 is 9.47 Å². The van der Waals surface area contributed by atoms with Crippen LogP contribution in [0, 0.1) is 6.92 Å². The second-order valence-electron chi connectivity index (χ2n) is 5.28. The van der Waals surface area contributed by atoms with E-state index in [1.165, 1.54) is 11.3 Å². The van der Waals surface area contributed by atoms with Crippen LogP contribution in [0.4, 0.5) is 5.13 Å². The minimum atomic E-state index is -0.265. The van der Waals surface area contributed by atoms with E-state index in [0.717, 1.165) is 16.1 Å². The Bertz CT molecular complexity index is 862. The number of hydrogen-bond acceptors (Lipinski definition) is 5. The summed E-state index contributed by atoms with van der Waals surface area (Å²) in [5.41, 5.74) is 1.91. The third-order valence-corrected chi connectivity index (χ3v) is 4.40. The molecule has 0 radical (unpaired) electrons. The molecule has 25 heavy (non-hydrogen) atoms. The van der Waals surface area contributed by atoms with Crippen LogP contribution in [0.15, 0.2) is 54.6 Å². The fourth-order valence-corrected chi connectivity index (χ4v) is 3.20. The van der Waals surface area contributed by atoms with Crippen LogP contribution in [0.1, 0.15) is 4.88 Å². The predicted octanol–water partition coefficient (Wildman–Crippen LogP) is 4.14. The van der Waals surface area contributed by atoms with Crippen molar-refractivity contribution < 1.29 is 14.3 Å². The first-order valence-electron chi connectivity index (χ1n) is 7.76. The number of carbonyl (C=O) groups excluding carboxylic acids is 1. The molecule has 128 valence electrons. The summed E-state index contributed by atoms with van der Waals surface area (Å²) >= 11 is 1.44. The van der Waals surface area contributed by atoms with Crippen LogP contribution >= 0.6 is 11.3 Å². The van der Waals surface area contributed by atoms with Gasteiger partial charge in [-0.1, -0.05) is 42.5 Å². The standard InChI is InChI=1S/C19H18N2O3S/c1-13-18(14-8-4-3-5-9-14)21-19(25-13)20-17(22)12-24-16-11-7-6-10-15(16)23-2/h3-11H,12H2,1-2H3,(H,20,21,22). The Labute approximate surface area is 150 Å². The maximum atomic E-state index is 12.1. The summed E-state index contributed by atoms with van der Waals surface area (Å²) in [6, 6.07) is 17.1. The number of aromatic nitrogens is 1. The minimum Gasteiger partial charge on any atom is -0.493 e. The van der Waals surface area contributed by atoms with Gasteiger partial charge in [-0.25, -0.2) is 4.98 Å². The average Bonchev–Trinajstić information content (AvgIpc) is 3.01. The lowest BCUT2D eigenvalue weighted by molar-refractivity contribution is -0.118. The number of amides is 1. The van der Waals surface area contributed by atoms with Gasteiger partial charge in [0.1, 0.15) is 0 Å². The number of rotatable bonds is 6. The Morgan fingerprint density at radius 3 is 2.48 bits per heavy atom. The topological polar surface area (TPSA) is 60.5 Å². The summed E-state index contributed by atoms with van der Waals surface area (Å²) in [6.45, 7) is 1.88. The molecular formula is C19H18N2O3S. The van der Waals surface area contributed by atoms with Crippen molar-refractivity contribution in [3.8, 4) is 22.8 Å². The lowest BCUT2D eigenvalue weighted by Gasteiger charge is -2.09. The predicted molar refractivity (Wildman–Crippen MR) is 99.4 cm³/mol. The molecule has 1 heterocycles. The van der Waals surface area contributed by atoms with E-state index >= 15 is 0 Å². The molecule has 0 fully saturated rings. The number of carbonyl (C=O) groups is 1. The normalized spacial score (nSPS) is 10.3. The quantitative estimate of drug-likeness (QED) is 0.722. The third kappa shape index (κ3) is 4.16. The lowest BCUT2D eigenvalue weighted by atomic mass is 10.1. The van der Waals surface area contributed by atoms with Gasteiger partial charge in [0, 0.05) is 10.4 Å². The maximum Gasteiger partial charge on any atom is 0.264 e. The Balaban J connectivity index is 1.64. The van der Waals surface area contributed by atoms with E-state index in [1.807, 2.05) is 49.4 Å². The summed E-state index contributed by atoms with van der Waals surface area (Å²) < 4.78 is 10.7. The maximum absolute atomic E-state index is 12.1. The fraction of sp³-hybridized carbons (Fsp3) is 0.158. The monoisotopic (exact) mass is 354 g/mol. The van der Waals surface area contributed by atoms with E-state index in [2.05, 4.69) is 10.3 Å². The summed E-state index contributed by atoms with van der Waals surface area (Å²) in [5.74, 6) is 0.853. The number of ether oxygens (including phenoxy) is 2. The lowest BCUT2D eigenvalue weighted by Crippen LogP contribution is -2.20. The highest BCUT2D eigenvalue weighted by atomic mass is 32.1. The van der Waals surface area contributed by atoms with Gasteiger partial charge >= 0.3 is 0 Å². The van der Waals surface area contributed by atoms with Crippen LogP contribution in [-0.4, -0.2) is 24.6 Å². The van der Waals surface area contributed by atoms with E-state index in [1.54, 1.807) is 19.2 Å². The van der Waals surface area contributed by atoms with Crippen LogP contribution < -0.4 is 14.8 Å². The summed E-state index contributed by atoms with van der Waals surface area (Å²) in [7, 11) is 1.56. The zero-order valence-electron chi connectivity index (χ0n) is 14.0. The van der Waals surface area contributed by atoms with Crippen LogP contribution in [0.5, 0.6) is 11.5 Å². The van der Waals surface area contributed by atoms with E-state index < -0.39 is 0 Å². The zero-order chi connectivity index (χ0) is 17.6. The fourth-order valence-electron chi connectivity index (χ4n) is 2.35. The van der Waals surface area contributed by atoms with Crippen molar-refractivity contribution >= 4 is 22.4 Å². The highest BCUT2D eigenvalue weighted by Gasteiger charge is 2.13. The minimum absolute atomic E-state index is 0.111. The van der Waals surface area contributed by atoms with Gasteiger partial charge in [0.15, 0.2) is 23.2 Å². The molecule has 1 N–H and O–H groups in total. The molecule has 0 spiro atoms. The van der Waals surface area contributed by atoms with Crippen molar-refractivity contribution in [2.24, 2.45) is 0 Å².